The third kappa shape index (κ3) is 4.82. The topological polar surface area (TPSA) is 75.3 Å². The smallest absolute Gasteiger partial charge is 0.261 e. The van der Waals surface area contributed by atoms with Crippen LogP contribution < -0.4 is 10.0 Å². The van der Waals surface area contributed by atoms with Crippen LogP contribution in [0.5, 0.6) is 0 Å². The van der Waals surface area contributed by atoms with Gasteiger partial charge in [0.15, 0.2) is 0 Å². The van der Waals surface area contributed by atoms with Crippen molar-refractivity contribution in [1.82, 2.24) is 5.32 Å². The van der Waals surface area contributed by atoms with Gasteiger partial charge in [0.1, 0.15) is 0 Å². The minimum absolute atomic E-state index is 0.105. The van der Waals surface area contributed by atoms with E-state index in [9.17, 15) is 13.2 Å². The number of hydrogen-bond donors (Lipinski definition) is 2. The summed E-state index contributed by atoms with van der Waals surface area (Å²) in [5, 5.41) is 2.83. The van der Waals surface area contributed by atoms with Crippen molar-refractivity contribution in [3.05, 3.63) is 60.2 Å². The summed E-state index contributed by atoms with van der Waals surface area (Å²) in [5.74, 6) is -0.238. The van der Waals surface area contributed by atoms with Crippen molar-refractivity contribution in [1.29, 1.82) is 0 Å². The molecule has 0 bridgehead atoms. The Hall–Kier alpha value is -2.34. The van der Waals surface area contributed by atoms with Gasteiger partial charge in [-0.25, -0.2) is 8.42 Å². The Morgan fingerprint density at radius 1 is 0.913 bits per heavy atom. The van der Waals surface area contributed by atoms with E-state index in [1.54, 1.807) is 30.3 Å². The standard InChI is InChI=1S/C17H20N2O3S/c1-17(2,3)18-16(20)13-9-11-15(12-10-13)23(21,22)19-14-7-5-4-6-8-14/h4-12,19H,1-3H3,(H,18,20). The number of para-hydroxylation sites is 1. The van der Waals surface area contributed by atoms with E-state index in [1.165, 1.54) is 24.3 Å². The van der Waals surface area contributed by atoms with Crippen molar-refractivity contribution in [2.24, 2.45) is 0 Å². The van der Waals surface area contributed by atoms with Crippen LogP contribution in [0, 0.1) is 0 Å². The molecule has 2 rings (SSSR count). The third-order valence-corrected chi connectivity index (χ3v) is 4.34. The van der Waals surface area contributed by atoms with Gasteiger partial charge in [-0.2, -0.15) is 0 Å². The number of nitrogens with one attached hydrogen (secondary N) is 2. The van der Waals surface area contributed by atoms with Gasteiger partial charge in [0, 0.05) is 16.8 Å². The van der Waals surface area contributed by atoms with Crippen LogP contribution >= 0.6 is 0 Å². The van der Waals surface area contributed by atoms with Gasteiger partial charge < -0.3 is 5.32 Å². The average Bonchev–Trinajstić information content (AvgIpc) is 2.46. The molecule has 0 unspecified atom stereocenters. The lowest BCUT2D eigenvalue weighted by Gasteiger charge is -2.20. The molecule has 1 amide bonds. The summed E-state index contributed by atoms with van der Waals surface area (Å²) in [6, 6.07) is 14.5. The molecule has 0 aliphatic heterocycles. The molecule has 23 heavy (non-hydrogen) atoms. The Bertz CT molecular complexity index is 777. The van der Waals surface area contributed by atoms with Crippen molar-refractivity contribution in [3.8, 4) is 0 Å². The second-order valence-electron chi connectivity index (χ2n) is 6.20. The van der Waals surface area contributed by atoms with Crippen molar-refractivity contribution in [3.63, 3.8) is 0 Å². The highest BCUT2D eigenvalue weighted by molar-refractivity contribution is 7.92. The van der Waals surface area contributed by atoms with E-state index in [0.29, 0.717) is 11.3 Å². The maximum absolute atomic E-state index is 12.3. The van der Waals surface area contributed by atoms with Gasteiger partial charge in [-0.05, 0) is 57.2 Å². The number of hydrogen-bond acceptors (Lipinski definition) is 3. The van der Waals surface area contributed by atoms with Crippen molar-refractivity contribution in [2.45, 2.75) is 31.2 Å². The fourth-order valence-electron chi connectivity index (χ4n) is 1.92. The number of carbonyl (C=O) groups is 1. The van der Waals surface area contributed by atoms with Gasteiger partial charge >= 0.3 is 0 Å². The number of rotatable bonds is 4. The second-order valence-corrected chi connectivity index (χ2v) is 7.88. The van der Waals surface area contributed by atoms with Gasteiger partial charge in [-0.15, -0.1) is 0 Å². The molecule has 6 heteroatoms. The Labute approximate surface area is 136 Å². The molecule has 0 atom stereocenters. The van der Waals surface area contributed by atoms with Crippen LogP contribution in [0.2, 0.25) is 0 Å². The van der Waals surface area contributed by atoms with E-state index in [2.05, 4.69) is 10.0 Å². The Morgan fingerprint density at radius 3 is 2.00 bits per heavy atom. The van der Waals surface area contributed by atoms with E-state index < -0.39 is 10.0 Å². The molecule has 0 saturated carbocycles. The zero-order valence-corrected chi connectivity index (χ0v) is 14.1. The molecule has 0 aliphatic rings. The van der Waals surface area contributed by atoms with Crippen LogP contribution in [-0.4, -0.2) is 19.9 Å². The highest BCUT2D eigenvalue weighted by Crippen LogP contribution is 2.16. The lowest BCUT2D eigenvalue weighted by Crippen LogP contribution is -2.40. The summed E-state index contributed by atoms with van der Waals surface area (Å²) < 4.78 is 27.1. The van der Waals surface area contributed by atoms with E-state index >= 15 is 0 Å². The molecular formula is C17H20N2O3S. The molecule has 0 aromatic heterocycles. The van der Waals surface area contributed by atoms with Gasteiger partial charge in [0.25, 0.3) is 15.9 Å². The van der Waals surface area contributed by atoms with Crippen molar-refractivity contribution in [2.75, 3.05) is 4.72 Å². The lowest BCUT2D eigenvalue weighted by atomic mass is 10.1. The fourth-order valence-corrected chi connectivity index (χ4v) is 2.98. The van der Waals surface area contributed by atoms with Crippen molar-refractivity contribution < 1.29 is 13.2 Å². The molecule has 5 nitrogen and oxygen atoms in total. The molecule has 2 aromatic rings. The predicted octanol–water partition coefficient (Wildman–Crippen LogP) is 3.02. The highest BCUT2D eigenvalue weighted by atomic mass is 32.2. The SMILES string of the molecule is CC(C)(C)NC(=O)c1ccc(S(=O)(=O)Nc2ccccc2)cc1. The summed E-state index contributed by atoms with van der Waals surface area (Å²) in [4.78, 5) is 12.1. The number of sulfonamides is 1. The molecular weight excluding hydrogens is 312 g/mol. The van der Waals surface area contributed by atoms with Crippen LogP contribution in [0.3, 0.4) is 0 Å². The van der Waals surface area contributed by atoms with Gasteiger partial charge in [-0.3, -0.25) is 9.52 Å². The zero-order valence-electron chi connectivity index (χ0n) is 13.3. The number of carbonyl (C=O) groups excluding carboxylic acids is 1. The molecule has 2 N–H and O–H groups in total. The Balaban J connectivity index is 2.17. The molecule has 122 valence electrons. The van der Waals surface area contributed by atoms with E-state index in [0.717, 1.165) is 0 Å². The summed E-state index contributed by atoms with van der Waals surface area (Å²) in [7, 11) is -3.67. The number of benzene rings is 2. The molecule has 0 fully saturated rings. The summed E-state index contributed by atoms with van der Waals surface area (Å²) in [6.07, 6.45) is 0. The maximum atomic E-state index is 12.3. The fraction of sp³-hybridized carbons (Fsp3) is 0.235. The summed E-state index contributed by atoms with van der Waals surface area (Å²) in [6.45, 7) is 5.65. The lowest BCUT2D eigenvalue weighted by molar-refractivity contribution is 0.0919. The monoisotopic (exact) mass is 332 g/mol. The predicted molar refractivity (Wildman–Crippen MR) is 90.9 cm³/mol. The molecule has 0 aliphatic carbocycles. The number of anilines is 1. The van der Waals surface area contributed by atoms with Gasteiger partial charge in [-0.1, -0.05) is 18.2 Å². The first-order valence-electron chi connectivity index (χ1n) is 7.18. The molecule has 0 spiro atoms. The Kier molecular flexibility index (Phi) is 4.75. The van der Waals surface area contributed by atoms with Crippen LogP contribution in [0.4, 0.5) is 5.69 Å². The van der Waals surface area contributed by atoms with Gasteiger partial charge in [0.2, 0.25) is 0 Å². The first-order valence-corrected chi connectivity index (χ1v) is 8.66. The van der Waals surface area contributed by atoms with Crippen LogP contribution in [0.15, 0.2) is 59.5 Å². The summed E-state index contributed by atoms with van der Waals surface area (Å²) in [5.41, 5.74) is 0.553. The van der Waals surface area contributed by atoms with E-state index in [4.69, 9.17) is 0 Å². The molecule has 2 aromatic carbocycles. The Morgan fingerprint density at radius 2 is 1.48 bits per heavy atom. The quantitative estimate of drug-likeness (QED) is 0.904. The van der Waals surface area contributed by atoms with E-state index in [1.807, 2.05) is 20.8 Å². The van der Waals surface area contributed by atoms with Crippen LogP contribution in [0.1, 0.15) is 31.1 Å². The normalized spacial score (nSPS) is 11.8. The maximum Gasteiger partial charge on any atom is 0.261 e. The van der Waals surface area contributed by atoms with Crippen LogP contribution in [0.25, 0.3) is 0 Å². The largest absolute Gasteiger partial charge is 0.347 e. The van der Waals surface area contributed by atoms with Crippen LogP contribution in [-0.2, 0) is 10.0 Å². The first-order chi connectivity index (χ1) is 10.7. The zero-order chi connectivity index (χ0) is 17.1. The number of amides is 1. The first kappa shape index (κ1) is 17.0. The summed E-state index contributed by atoms with van der Waals surface area (Å²) >= 11 is 0. The molecule has 0 heterocycles. The minimum Gasteiger partial charge on any atom is -0.347 e. The van der Waals surface area contributed by atoms with Crippen molar-refractivity contribution >= 4 is 21.6 Å². The average molecular weight is 332 g/mol. The third-order valence-electron chi connectivity index (χ3n) is 2.94. The minimum atomic E-state index is -3.67. The molecule has 0 radical (unpaired) electrons. The highest BCUT2D eigenvalue weighted by Gasteiger charge is 2.17. The second kappa shape index (κ2) is 6.42. The van der Waals surface area contributed by atoms with E-state index in [-0.39, 0.29) is 16.3 Å². The molecule has 0 saturated heterocycles. The van der Waals surface area contributed by atoms with Gasteiger partial charge in [0.05, 0.1) is 4.90 Å².